The minimum Gasteiger partial charge on any atom is -0.383 e. The molecule has 0 saturated carbocycles. The van der Waals surface area contributed by atoms with E-state index in [1.165, 1.54) is 0 Å². The van der Waals surface area contributed by atoms with Gasteiger partial charge in [0.2, 0.25) is 5.91 Å². The van der Waals surface area contributed by atoms with Crippen LogP contribution in [-0.2, 0) is 23.1 Å². The summed E-state index contributed by atoms with van der Waals surface area (Å²) in [6.07, 6.45) is 2.64. The van der Waals surface area contributed by atoms with E-state index in [1.807, 2.05) is 50.3 Å². The number of amides is 1. The average Bonchev–Trinajstić information content (AvgIpc) is 3.19. The number of aromatic nitrogens is 3. The zero-order valence-corrected chi connectivity index (χ0v) is 16.5. The number of carbonyl (C=O) groups is 1. The lowest BCUT2D eigenvalue weighted by Crippen LogP contribution is -2.38. The van der Waals surface area contributed by atoms with Crippen molar-refractivity contribution >= 4 is 17.5 Å². The van der Waals surface area contributed by atoms with Crippen molar-refractivity contribution in [2.75, 3.05) is 43.7 Å². The molecule has 1 saturated heterocycles. The molecule has 27 heavy (non-hydrogen) atoms. The molecule has 1 aliphatic rings. The Bertz CT molecular complexity index is 773. The van der Waals surface area contributed by atoms with Gasteiger partial charge in [-0.3, -0.25) is 14.4 Å². The zero-order chi connectivity index (χ0) is 19.4. The number of nitrogens with one attached hydrogen (secondary N) is 1. The van der Waals surface area contributed by atoms with Crippen LogP contribution in [0.1, 0.15) is 17.7 Å². The summed E-state index contributed by atoms with van der Waals surface area (Å²) < 4.78 is 6.85. The molecular weight excluding hydrogens is 344 g/mol. The van der Waals surface area contributed by atoms with Crippen LogP contribution in [0.5, 0.6) is 0 Å². The molecule has 0 aromatic carbocycles. The van der Waals surface area contributed by atoms with Crippen molar-refractivity contribution in [2.24, 2.45) is 7.05 Å². The second-order valence-electron chi connectivity index (χ2n) is 6.92. The highest BCUT2D eigenvalue weighted by Crippen LogP contribution is 2.22. The molecule has 1 amide bonds. The Labute approximate surface area is 160 Å². The fourth-order valence-corrected chi connectivity index (χ4v) is 3.28. The molecule has 1 aliphatic heterocycles. The van der Waals surface area contributed by atoms with Gasteiger partial charge in [0.15, 0.2) is 0 Å². The lowest BCUT2D eigenvalue weighted by atomic mass is 10.2. The van der Waals surface area contributed by atoms with Crippen LogP contribution in [0.3, 0.4) is 0 Å². The van der Waals surface area contributed by atoms with Gasteiger partial charge in [0, 0.05) is 53.1 Å². The molecule has 8 heteroatoms. The smallest absolute Gasteiger partial charge is 0.245 e. The number of likely N-dealkylation sites (N-methyl/N-ethyl adjacent to an activating group) is 1. The summed E-state index contributed by atoms with van der Waals surface area (Å²) >= 11 is 0. The molecule has 0 radical (unpaired) electrons. The molecule has 146 valence electrons. The second kappa shape index (κ2) is 8.49. The van der Waals surface area contributed by atoms with E-state index in [1.54, 1.807) is 11.8 Å². The van der Waals surface area contributed by atoms with Crippen LogP contribution < -0.4 is 15.1 Å². The van der Waals surface area contributed by atoms with Crippen molar-refractivity contribution < 1.29 is 9.53 Å². The predicted octanol–water partition coefficient (Wildman–Crippen LogP) is 1.10. The van der Waals surface area contributed by atoms with Crippen LogP contribution in [0.15, 0.2) is 24.4 Å². The Morgan fingerprint density at radius 2 is 2.22 bits per heavy atom. The number of methoxy groups -OCH3 is 1. The van der Waals surface area contributed by atoms with Crippen molar-refractivity contribution in [1.29, 1.82) is 0 Å². The third kappa shape index (κ3) is 4.45. The van der Waals surface area contributed by atoms with E-state index in [-0.39, 0.29) is 11.9 Å². The van der Waals surface area contributed by atoms with E-state index >= 15 is 0 Å². The van der Waals surface area contributed by atoms with E-state index in [2.05, 4.69) is 20.3 Å². The summed E-state index contributed by atoms with van der Waals surface area (Å²) in [4.78, 5) is 21.1. The molecule has 0 aliphatic carbocycles. The summed E-state index contributed by atoms with van der Waals surface area (Å²) in [5.41, 5.74) is 1.97. The topological polar surface area (TPSA) is 75.5 Å². The molecule has 2 aromatic heterocycles. The molecule has 1 fully saturated rings. The molecule has 3 rings (SSSR count). The van der Waals surface area contributed by atoms with Gasteiger partial charge in [-0.05, 0) is 25.0 Å². The van der Waals surface area contributed by atoms with Crippen molar-refractivity contribution in [3.63, 3.8) is 0 Å². The molecule has 3 heterocycles. The largest absolute Gasteiger partial charge is 0.383 e. The molecule has 0 spiro atoms. The fraction of sp³-hybridized carbons (Fsp3) is 0.526. The first-order chi connectivity index (χ1) is 13.0. The van der Waals surface area contributed by atoms with Crippen LogP contribution in [-0.4, -0.2) is 60.6 Å². The maximum absolute atomic E-state index is 12.7. The summed E-state index contributed by atoms with van der Waals surface area (Å²) in [6.45, 7) is 4.71. The van der Waals surface area contributed by atoms with Crippen molar-refractivity contribution in [3.05, 3.63) is 35.7 Å². The normalized spacial score (nSPS) is 17.0. The minimum atomic E-state index is -0.177. The highest BCUT2D eigenvalue weighted by Gasteiger charge is 2.33. The average molecular weight is 372 g/mol. The van der Waals surface area contributed by atoms with E-state index in [0.717, 1.165) is 35.9 Å². The number of pyridine rings is 1. The second-order valence-corrected chi connectivity index (χ2v) is 6.92. The number of ether oxygens (including phenoxy) is 1. The molecular formula is C19H28N6O2. The van der Waals surface area contributed by atoms with Gasteiger partial charge in [0.1, 0.15) is 11.6 Å². The first-order valence-electron chi connectivity index (χ1n) is 9.20. The van der Waals surface area contributed by atoms with Crippen LogP contribution in [0.25, 0.3) is 0 Å². The van der Waals surface area contributed by atoms with E-state index in [4.69, 9.17) is 4.74 Å². The lowest BCUT2D eigenvalue weighted by Gasteiger charge is -2.18. The Morgan fingerprint density at radius 1 is 1.41 bits per heavy atom. The van der Waals surface area contributed by atoms with E-state index < -0.39 is 0 Å². The third-order valence-electron chi connectivity index (χ3n) is 4.84. The number of hydrogen-bond acceptors (Lipinski definition) is 6. The summed E-state index contributed by atoms with van der Waals surface area (Å²) in [5.74, 6) is 1.86. The van der Waals surface area contributed by atoms with Gasteiger partial charge in [-0.25, -0.2) is 4.98 Å². The van der Waals surface area contributed by atoms with Crippen LogP contribution >= 0.6 is 0 Å². The molecule has 2 aromatic rings. The number of anilines is 2. The summed E-state index contributed by atoms with van der Waals surface area (Å²) in [6, 6.07) is 5.81. The standard InChI is InChI=1S/C19H28N6O2/c1-14-11-18(24(3)22-14)25-8-7-16(19(25)26)20-12-15-5-6-17(21-13-15)23(2)9-10-27-4/h5-6,11,13,16,20H,7-10,12H2,1-4H3. The summed E-state index contributed by atoms with van der Waals surface area (Å²) in [7, 11) is 5.55. The van der Waals surface area contributed by atoms with Crippen molar-refractivity contribution in [1.82, 2.24) is 20.1 Å². The van der Waals surface area contributed by atoms with Gasteiger partial charge in [-0.1, -0.05) is 6.07 Å². The Kier molecular flexibility index (Phi) is 6.08. The molecule has 1 unspecified atom stereocenters. The van der Waals surface area contributed by atoms with Gasteiger partial charge >= 0.3 is 0 Å². The SMILES string of the molecule is COCCN(C)c1ccc(CNC2CCN(c3cc(C)nn3C)C2=O)cn1. The minimum absolute atomic E-state index is 0.0990. The Morgan fingerprint density at radius 3 is 2.85 bits per heavy atom. The Hall–Kier alpha value is -2.45. The van der Waals surface area contributed by atoms with Gasteiger partial charge < -0.3 is 15.0 Å². The first-order valence-corrected chi connectivity index (χ1v) is 9.20. The van der Waals surface area contributed by atoms with Crippen LogP contribution in [0, 0.1) is 6.92 Å². The highest BCUT2D eigenvalue weighted by atomic mass is 16.5. The molecule has 1 N–H and O–H groups in total. The number of hydrogen-bond donors (Lipinski definition) is 1. The molecule has 1 atom stereocenters. The van der Waals surface area contributed by atoms with E-state index in [9.17, 15) is 4.79 Å². The van der Waals surface area contributed by atoms with Crippen molar-refractivity contribution in [2.45, 2.75) is 25.9 Å². The van der Waals surface area contributed by atoms with Crippen LogP contribution in [0.4, 0.5) is 11.6 Å². The fourth-order valence-electron chi connectivity index (χ4n) is 3.28. The number of rotatable bonds is 8. The number of carbonyl (C=O) groups excluding carboxylic acids is 1. The van der Waals surface area contributed by atoms with E-state index in [0.29, 0.717) is 19.7 Å². The third-order valence-corrected chi connectivity index (χ3v) is 4.84. The van der Waals surface area contributed by atoms with Crippen LogP contribution in [0.2, 0.25) is 0 Å². The molecule has 8 nitrogen and oxygen atoms in total. The summed E-state index contributed by atoms with van der Waals surface area (Å²) in [5, 5.41) is 7.69. The monoisotopic (exact) mass is 372 g/mol. The quantitative estimate of drug-likeness (QED) is 0.748. The van der Waals surface area contributed by atoms with Gasteiger partial charge in [-0.15, -0.1) is 0 Å². The number of nitrogens with zero attached hydrogens (tertiary/aromatic N) is 5. The van der Waals surface area contributed by atoms with Crippen molar-refractivity contribution in [3.8, 4) is 0 Å². The molecule has 0 bridgehead atoms. The maximum atomic E-state index is 12.7. The predicted molar refractivity (Wildman–Crippen MR) is 105 cm³/mol. The first kappa shape index (κ1) is 19.3. The zero-order valence-electron chi connectivity index (χ0n) is 16.5. The Balaban J connectivity index is 1.54. The van der Waals surface area contributed by atoms with Gasteiger partial charge in [0.05, 0.1) is 18.3 Å². The van der Waals surface area contributed by atoms with Gasteiger partial charge in [0.25, 0.3) is 0 Å². The maximum Gasteiger partial charge on any atom is 0.245 e. The highest BCUT2D eigenvalue weighted by molar-refractivity contribution is 5.98. The van der Waals surface area contributed by atoms with Gasteiger partial charge in [-0.2, -0.15) is 5.10 Å². The lowest BCUT2D eigenvalue weighted by molar-refractivity contribution is -0.118. The number of aryl methyl sites for hydroxylation is 2.